The number of nitrogens with zero attached hydrogens (tertiary/aromatic N) is 2. The standard InChI is InChI=1S/C27H25N5O/c33-26-25(16-19-6-2-1-3-7-19)29-17-21-9-5-11-23(15-21)31-27-28-13-12-24(32-27)22-10-4-8-20(14-22)18-30-26/h1-15,25,29H,16-18H2,(H,30,33)(H,28,31,32)/t25-/m0/s1. The Kier molecular flexibility index (Phi) is 6.08. The minimum absolute atomic E-state index is 0.0186. The van der Waals surface area contributed by atoms with E-state index in [2.05, 4.69) is 44.1 Å². The highest BCUT2D eigenvalue weighted by Crippen LogP contribution is 2.21. The van der Waals surface area contributed by atoms with Crippen molar-refractivity contribution in [3.05, 3.63) is 108 Å². The molecule has 164 valence electrons. The van der Waals surface area contributed by atoms with Gasteiger partial charge in [-0.2, -0.15) is 0 Å². The molecule has 0 radical (unpaired) electrons. The lowest BCUT2D eigenvalue weighted by Crippen LogP contribution is -2.45. The third kappa shape index (κ3) is 5.25. The van der Waals surface area contributed by atoms with Crippen LogP contribution < -0.4 is 16.0 Å². The summed E-state index contributed by atoms with van der Waals surface area (Å²) >= 11 is 0. The Morgan fingerprint density at radius 2 is 1.67 bits per heavy atom. The molecule has 6 bridgehead atoms. The molecule has 6 nitrogen and oxygen atoms in total. The fraction of sp³-hybridized carbons (Fsp3) is 0.148. The minimum Gasteiger partial charge on any atom is -0.351 e. The first-order valence-electron chi connectivity index (χ1n) is 11.1. The van der Waals surface area contributed by atoms with Crippen LogP contribution in [0.3, 0.4) is 0 Å². The average Bonchev–Trinajstić information content (AvgIpc) is 2.86. The zero-order chi connectivity index (χ0) is 22.5. The van der Waals surface area contributed by atoms with Crippen molar-refractivity contribution in [3.63, 3.8) is 0 Å². The molecule has 1 aromatic heterocycles. The van der Waals surface area contributed by atoms with E-state index in [9.17, 15) is 4.79 Å². The molecule has 0 unspecified atom stereocenters. The normalized spacial score (nSPS) is 15.9. The summed E-state index contributed by atoms with van der Waals surface area (Å²) in [5, 5.41) is 9.86. The summed E-state index contributed by atoms with van der Waals surface area (Å²) in [7, 11) is 0. The molecule has 5 rings (SSSR count). The number of amides is 1. The van der Waals surface area contributed by atoms with Gasteiger partial charge in [-0.1, -0.05) is 60.7 Å². The Bertz CT molecular complexity index is 1260. The Hall–Kier alpha value is -4.03. The largest absolute Gasteiger partial charge is 0.351 e. The maximum absolute atomic E-state index is 13.2. The van der Waals surface area contributed by atoms with E-state index in [1.165, 1.54) is 0 Å². The molecule has 1 atom stereocenters. The van der Waals surface area contributed by atoms with Gasteiger partial charge in [-0.05, 0) is 47.4 Å². The molecule has 0 aliphatic carbocycles. The number of hydrogen-bond acceptors (Lipinski definition) is 5. The number of carbonyl (C=O) groups excluding carboxylic acids is 1. The van der Waals surface area contributed by atoms with Gasteiger partial charge in [0.1, 0.15) is 0 Å². The summed E-state index contributed by atoms with van der Waals surface area (Å²) in [5.74, 6) is 0.528. The van der Waals surface area contributed by atoms with Crippen LogP contribution in [-0.2, 0) is 24.3 Å². The molecule has 3 aromatic carbocycles. The SMILES string of the molecule is O=C1NCc2cccc(c2)-c2ccnc(n2)Nc2cccc(c2)CN[C@H]1Cc1ccccc1. The Morgan fingerprint density at radius 1 is 0.848 bits per heavy atom. The van der Waals surface area contributed by atoms with Gasteiger partial charge in [0.15, 0.2) is 0 Å². The molecular formula is C27H25N5O. The highest BCUT2D eigenvalue weighted by Gasteiger charge is 2.19. The molecular weight excluding hydrogens is 410 g/mol. The van der Waals surface area contributed by atoms with E-state index < -0.39 is 0 Å². The maximum atomic E-state index is 13.2. The number of hydrogen-bond donors (Lipinski definition) is 3. The van der Waals surface area contributed by atoms with Crippen LogP contribution in [0.1, 0.15) is 16.7 Å². The number of rotatable bonds is 2. The van der Waals surface area contributed by atoms with E-state index in [1.807, 2.05) is 66.7 Å². The summed E-state index contributed by atoms with van der Waals surface area (Å²) in [6, 6.07) is 27.8. The number of carbonyl (C=O) groups is 1. The quantitative estimate of drug-likeness (QED) is 0.439. The average molecular weight is 436 g/mol. The molecule has 4 aromatic rings. The van der Waals surface area contributed by atoms with Crippen LogP contribution in [-0.4, -0.2) is 21.9 Å². The third-order valence-electron chi connectivity index (χ3n) is 5.68. The molecule has 0 fully saturated rings. The number of fused-ring (bicyclic) bond motifs is 7. The molecule has 6 heteroatoms. The van der Waals surface area contributed by atoms with Crippen LogP contribution >= 0.6 is 0 Å². The molecule has 3 N–H and O–H groups in total. The zero-order valence-corrected chi connectivity index (χ0v) is 18.2. The number of aromatic nitrogens is 2. The van der Waals surface area contributed by atoms with Crippen molar-refractivity contribution in [1.82, 2.24) is 20.6 Å². The van der Waals surface area contributed by atoms with E-state index in [1.54, 1.807) is 6.20 Å². The summed E-state index contributed by atoms with van der Waals surface area (Å²) in [6.07, 6.45) is 2.37. The smallest absolute Gasteiger partial charge is 0.237 e. The summed E-state index contributed by atoms with van der Waals surface area (Å²) in [5.41, 5.74) is 5.91. The lowest BCUT2D eigenvalue weighted by atomic mass is 10.0. The van der Waals surface area contributed by atoms with Gasteiger partial charge in [0.05, 0.1) is 11.7 Å². The highest BCUT2D eigenvalue weighted by molar-refractivity contribution is 5.82. The van der Waals surface area contributed by atoms with Crippen molar-refractivity contribution in [3.8, 4) is 11.3 Å². The van der Waals surface area contributed by atoms with Gasteiger partial charge >= 0.3 is 0 Å². The van der Waals surface area contributed by atoms with Crippen LogP contribution in [0.5, 0.6) is 0 Å². The van der Waals surface area contributed by atoms with Gasteiger partial charge in [-0.3, -0.25) is 4.79 Å². The second kappa shape index (κ2) is 9.63. The van der Waals surface area contributed by atoms with Crippen LogP contribution in [0.15, 0.2) is 91.1 Å². The highest BCUT2D eigenvalue weighted by atomic mass is 16.2. The fourth-order valence-corrected chi connectivity index (χ4v) is 3.97. The van der Waals surface area contributed by atoms with E-state index in [-0.39, 0.29) is 11.9 Å². The van der Waals surface area contributed by atoms with E-state index in [0.717, 1.165) is 33.6 Å². The molecule has 2 heterocycles. The second-order valence-electron chi connectivity index (χ2n) is 8.13. The first kappa shape index (κ1) is 20.8. The lowest BCUT2D eigenvalue weighted by Gasteiger charge is -2.19. The van der Waals surface area contributed by atoms with Gasteiger partial charge in [-0.25, -0.2) is 9.97 Å². The van der Waals surface area contributed by atoms with Crippen molar-refractivity contribution in [2.75, 3.05) is 5.32 Å². The first-order valence-corrected chi connectivity index (χ1v) is 11.1. The van der Waals surface area contributed by atoms with Gasteiger partial charge in [0, 0.05) is 30.5 Å². The Morgan fingerprint density at radius 3 is 2.55 bits per heavy atom. The van der Waals surface area contributed by atoms with E-state index >= 15 is 0 Å². The van der Waals surface area contributed by atoms with Crippen LogP contribution in [0.2, 0.25) is 0 Å². The Balaban J connectivity index is 1.49. The molecule has 0 saturated carbocycles. The summed E-state index contributed by atoms with van der Waals surface area (Å²) < 4.78 is 0. The molecule has 1 amide bonds. The van der Waals surface area contributed by atoms with Gasteiger partial charge < -0.3 is 16.0 Å². The van der Waals surface area contributed by atoms with E-state index in [4.69, 9.17) is 0 Å². The predicted octanol–water partition coefficient (Wildman–Crippen LogP) is 4.22. The van der Waals surface area contributed by atoms with E-state index in [0.29, 0.717) is 25.5 Å². The van der Waals surface area contributed by atoms with Crippen molar-refractivity contribution in [2.45, 2.75) is 25.6 Å². The summed E-state index contributed by atoms with van der Waals surface area (Å²) in [4.78, 5) is 22.2. The second-order valence-corrected chi connectivity index (χ2v) is 8.13. The number of benzene rings is 3. The zero-order valence-electron chi connectivity index (χ0n) is 18.2. The lowest BCUT2D eigenvalue weighted by molar-refractivity contribution is -0.123. The molecule has 0 spiro atoms. The van der Waals surface area contributed by atoms with Gasteiger partial charge in [0.2, 0.25) is 11.9 Å². The van der Waals surface area contributed by atoms with Crippen LogP contribution in [0.25, 0.3) is 11.3 Å². The molecule has 0 saturated heterocycles. The molecule has 1 aliphatic rings. The fourth-order valence-electron chi connectivity index (χ4n) is 3.97. The van der Waals surface area contributed by atoms with Crippen molar-refractivity contribution in [1.29, 1.82) is 0 Å². The monoisotopic (exact) mass is 435 g/mol. The molecule has 1 aliphatic heterocycles. The van der Waals surface area contributed by atoms with Crippen molar-refractivity contribution < 1.29 is 4.79 Å². The first-order chi connectivity index (χ1) is 16.2. The van der Waals surface area contributed by atoms with Gasteiger partial charge in [-0.15, -0.1) is 0 Å². The number of nitrogens with one attached hydrogen (secondary N) is 3. The van der Waals surface area contributed by atoms with Gasteiger partial charge in [0.25, 0.3) is 0 Å². The van der Waals surface area contributed by atoms with Crippen molar-refractivity contribution >= 4 is 17.5 Å². The minimum atomic E-state index is -0.351. The Labute approximate surface area is 193 Å². The molecule has 33 heavy (non-hydrogen) atoms. The predicted molar refractivity (Wildman–Crippen MR) is 130 cm³/mol. The maximum Gasteiger partial charge on any atom is 0.237 e. The third-order valence-corrected chi connectivity index (χ3v) is 5.68. The topological polar surface area (TPSA) is 78.9 Å². The van der Waals surface area contributed by atoms with Crippen LogP contribution in [0, 0.1) is 0 Å². The number of anilines is 2. The van der Waals surface area contributed by atoms with Crippen molar-refractivity contribution in [2.24, 2.45) is 0 Å². The summed E-state index contributed by atoms with van der Waals surface area (Å²) in [6.45, 7) is 1.02. The van der Waals surface area contributed by atoms with Crippen LogP contribution in [0.4, 0.5) is 11.6 Å².